The van der Waals surface area contributed by atoms with Crippen LogP contribution in [0.4, 0.5) is 30.7 Å². The van der Waals surface area contributed by atoms with Crippen LogP contribution in [0, 0.1) is 0 Å². The van der Waals surface area contributed by atoms with Crippen LogP contribution in [0.3, 0.4) is 0 Å². The van der Waals surface area contributed by atoms with Gasteiger partial charge in [0, 0.05) is 10.0 Å². The van der Waals surface area contributed by atoms with Gasteiger partial charge >= 0.3 is 18.1 Å². The third kappa shape index (κ3) is 5.90. The second-order valence-electron chi connectivity index (χ2n) is 6.08. The Hall–Kier alpha value is -1.92. The standard InChI is InChI=1S/C18H12BrCl2F7N2O2/c1-31-14-5-10(7-29-30-18(27,28)16(22,23)17(24,25)26)11(19)6-15(14)32-8-9-2-3-12(20)13(21)4-9/h2-7,30H,8H2,1H3/b29-7+. The summed E-state index contributed by atoms with van der Waals surface area (Å²) in [5, 5.41) is 3.48. The van der Waals surface area contributed by atoms with Gasteiger partial charge in [-0.2, -0.15) is 35.8 Å². The van der Waals surface area contributed by atoms with E-state index >= 15 is 0 Å². The fourth-order valence-electron chi connectivity index (χ4n) is 2.14. The first-order chi connectivity index (χ1) is 14.7. The summed E-state index contributed by atoms with van der Waals surface area (Å²) < 4.78 is 99.7. The fourth-order valence-corrected chi connectivity index (χ4v) is 2.89. The Morgan fingerprint density at radius 1 is 1.00 bits per heavy atom. The molecule has 4 nitrogen and oxygen atoms in total. The molecule has 0 unspecified atom stereocenters. The Labute approximate surface area is 195 Å². The fraction of sp³-hybridized carbons (Fsp3) is 0.278. The second kappa shape index (κ2) is 9.92. The molecule has 0 heterocycles. The van der Waals surface area contributed by atoms with E-state index in [1.165, 1.54) is 19.2 Å². The predicted molar refractivity (Wildman–Crippen MR) is 108 cm³/mol. The molecule has 0 aliphatic rings. The zero-order valence-electron chi connectivity index (χ0n) is 15.7. The molecule has 0 aliphatic carbocycles. The van der Waals surface area contributed by atoms with Gasteiger partial charge in [-0.05, 0) is 45.8 Å². The van der Waals surface area contributed by atoms with Crippen LogP contribution >= 0.6 is 39.1 Å². The number of methoxy groups -OCH3 is 1. The van der Waals surface area contributed by atoms with Crippen molar-refractivity contribution in [3.05, 3.63) is 56.0 Å². The van der Waals surface area contributed by atoms with E-state index in [2.05, 4.69) is 21.0 Å². The molecule has 0 atom stereocenters. The van der Waals surface area contributed by atoms with Gasteiger partial charge in [0.1, 0.15) is 6.61 Å². The van der Waals surface area contributed by atoms with E-state index in [4.69, 9.17) is 32.7 Å². The Morgan fingerprint density at radius 2 is 1.66 bits per heavy atom. The Morgan fingerprint density at radius 3 is 2.22 bits per heavy atom. The molecule has 0 aliphatic heterocycles. The third-order valence-corrected chi connectivity index (χ3v) is 5.25. The average molecular weight is 572 g/mol. The number of halogens is 10. The number of hydrogen-bond acceptors (Lipinski definition) is 4. The van der Waals surface area contributed by atoms with E-state index in [0.717, 1.165) is 0 Å². The SMILES string of the molecule is COc1cc(/C=N/NC(F)(F)C(F)(F)C(F)(F)F)c(Br)cc1OCc1ccc(Cl)c(Cl)c1. The molecule has 2 aromatic carbocycles. The number of benzene rings is 2. The summed E-state index contributed by atoms with van der Waals surface area (Å²) in [4.78, 5) is 0. The van der Waals surface area contributed by atoms with Gasteiger partial charge in [-0.15, -0.1) is 0 Å². The Kier molecular flexibility index (Phi) is 8.16. The lowest BCUT2D eigenvalue weighted by molar-refractivity contribution is -0.361. The van der Waals surface area contributed by atoms with E-state index in [9.17, 15) is 30.7 Å². The molecule has 0 saturated carbocycles. The third-order valence-electron chi connectivity index (χ3n) is 3.82. The first-order valence-electron chi connectivity index (χ1n) is 8.26. The molecule has 1 N–H and O–H groups in total. The van der Waals surface area contributed by atoms with Gasteiger partial charge in [0.25, 0.3) is 0 Å². The number of alkyl halides is 7. The van der Waals surface area contributed by atoms with Gasteiger partial charge in [-0.3, -0.25) is 0 Å². The summed E-state index contributed by atoms with van der Waals surface area (Å²) in [6.07, 6.45) is -5.87. The number of nitrogens with one attached hydrogen (secondary N) is 1. The number of rotatable bonds is 8. The van der Waals surface area contributed by atoms with Crippen molar-refractivity contribution in [3.63, 3.8) is 0 Å². The highest BCUT2D eigenvalue weighted by atomic mass is 79.9. The molecule has 0 bridgehead atoms. The molecular formula is C18H12BrCl2F7N2O2. The predicted octanol–water partition coefficient (Wildman–Crippen LogP) is 7.06. The lowest BCUT2D eigenvalue weighted by Gasteiger charge is -2.27. The normalized spacial score (nSPS) is 12.8. The monoisotopic (exact) mass is 570 g/mol. The molecular weight excluding hydrogens is 560 g/mol. The van der Waals surface area contributed by atoms with Crippen LogP contribution in [-0.2, 0) is 6.61 Å². The first-order valence-corrected chi connectivity index (χ1v) is 9.81. The van der Waals surface area contributed by atoms with Gasteiger partial charge in [-0.25, -0.2) is 5.43 Å². The van der Waals surface area contributed by atoms with Crippen molar-refractivity contribution in [3.8, 4) is 11.5 Å². The van der Waals surface area contributed by atoms with Crippen LogP contribution in [0.1, 0.15) is 11.1 Å². The van der Waals surface area contributed by atoms with Crippen molar-refractivity contribution in [2.24, 2.45) is 5.10 Å². The topological polar surface area (TPSA) is 42.8 Å². The van der Waals surface area contributed by atoms with Crippen LogP contribution in [0.25, 0.3) is 0 Å². The van der Waals surface area contributed by atoms with E-state index in [1.807, 2.05) is 0 Å². The van der Waals surface area contributed by atoms with E-state index < -0.39 is 18.1 Å². The van der Waals surface area contributed by atoms with Crippen molar-refractivity contribution in [1.29, 1.82) is 0 Å². The van der Waals surface area contributed by atoms with Gasteiger partial charge in [0.05, 0.1) is 23.4 Å². The van der Waals surface area contributed by atoms with Crippen LogP contribution in [0.2, 0.25) is 10.0 Å². The first kappa shape index (κ1) is 26.3. The average Bonchev–Trinajstić information content (AvgIpc) is 2.69. The van der Waals surface area contributed by atoms with Crippen LogP contribution in [0.5, 0.6) is 11.5 Å². The maximum atomic E-state index is 13.3. The minimum atomic E-state index is -6.48. The van der Waals surface area contributed by atoms with Crippen molar-refractivity contribution >= 4 is 45.3 Å². The largest absolute Gasteiger partial charge is 0.493 e. The molecule has 0 fully saturated rings. The highest BCUT2D eigenvalue weighted by molar-refractivity contribution is 9.10. The quantitative estimate of drug-likeness (QED) is 0.160. The zero-order valence-corrected chi connectivity index (χ0v) is 18.8. The van der Waals surface area contributed by atoms with Gasteiger partial charge in [-0.1, -0.05) is 29.3 Å². The van der Waals surface area contributed by atoms with Crippen LogP contribution in [-0.4, -0.2) is 31.5 Å². The summed E-state index contributed by atoms with van der Waals surface area (Å²) in [7, 11) is 1.27. The molecule has 0 radical (unpaired) electrons. The molecule has 2 aromatic rings. The minimum Gasteiger partial charge on any atom is -0.493 e. The molecule has 0 amide bonds. The Bertz CT molecular complexity index is 1000. The number of nitrogens with zero attached hydrogens (tertiary/aromatic N) is 1. The highest BCUT2D eigenvalue weighted by Crippen LogP contribution is 2.45. The molecule has 14 heteroatoms. The molecule has 0 saturated heterocycles. The second-order valence-corrected chi connectivity index (χ2v) is 7.75. The summed E-state index contributed by atoms with van der Waals surface area (Å²) in [5.41, 5.74) is 1.22. The summed E-state index contributed by atoms with van der Waals surface area (Å²) in [6, 6.07) is 1.73. The minimum absolute atomic E-state index is 0.0161. The molecule has 0 aromatic heterocycles. The molecule has 2 rings (SSSR count). The Balaban J connectivity index is 2.18. The van der Waals surface area contributed by atoms with Crippen molar-refractivity contribution in [2.75, 3.05) is 7.11 Å². The van der Waals surface area contributed by atoms with Gasteiger partial charge < -0.3 is 9.47 Å². The molecule has 176 valence electrons. The zero-order chi connectivity index (χ0) is 24.3. The van der Waals surface area contributed by atoms with Crippen LogP contribution < -0.4 is 14.9 Å². The lowest BCUT2D eigenvalue weighted by Crippen LogP contribution is -2.58. The van der Waals surface area contributed by atoms with E-state index in [0.29, 0.717) is 27.2 Å². The van der Waals surface area contributed by atoms with Crippen molar-refractivity contribution in [2.45, 2.75) is 24.8 Å². The van der Waals surface area contributed by atoms with Crippen LogP contribution in [0.15, 0.2) is 39.9 Å². The lowest BCUT2D eigenvalue weighted by atomic mass is 10.2. The van der Waals surface area contributed by atoms with Crippen molar-refractivity contribution in [1.82, 2.24) is 5.43 Å². The number of ether oxygens (including phenoxy) is 2. The maximum Gasteiger partial charge on any atom is 0.462 e. The van der Waals surface area contributed by atoms with Crippen molar-refractivity contribution < 1.29 is 40.2 Å². The van der Waals surface area contributed by atoms with Gasteiger partial charge in [0.15, 0.2) is 11.5 Å². The number of hydrogen-bond donors (Lipinski definition) is 1. The van der Waals surface area contributed by atoms with E-state index in [-0.39, 0.29) is 28.1 Å². The van der Waals surface area contributed by atoms with E-state index in [1.54, 1.807) is 18.2 Å². The smallest absolute Gasteiger partial charge is 0.462 e. The summed E-state index contributed by atoms with van der Waals surface area (Å²) in [6.45, 7) is 0.0490. The van der Waals surface area contributed by atoms with Gasteiger partial charge in [0.2, 0.25) is 0 Å². The molecule has 32 heavy (non-hydrogen) atoms. The summed E-state index contributed by atoms with van der Waals surface area (Å²) >= 11 is 14.9. The number of hydrazone groups is 1. The highest BCUT2D eigenvalue weighted by Gasteiger charge is 2.73. The molecule has 0 spiro atoms. The summed E-state index contributed by atoms with van der Waals surface area (Å²) in [5.74, 6) is -6.04. The maximum absolute atomic E-state index is 13.3.